The maximum atomic E-state index is 4.51. The molecular formula is C17H20N2. The molecular weight excluding hydrogens is 232 g/mol. The van der Waals surface area contributed by atoms with E-state index in [4.69, 9.17) is 0 Å². The van der Waals surface area contributed by atoms with Gasteiger partial charge in [-0.15, -0.1) is 0 Å². The Balaban J connectivity index is 1.68. The van der Waals surface area contributed by atoms with Crippen LogP contribution in [0.15, 0.2) is 42.6 Å². The van der Waals surface area contributed by atoms with Gasteiger partial charge in [0.15, 0.2) is 0 Å². The van der Waals surface area contributed by atoms with E-state index in [0.29, 0.717) is 0 Å². The number of fused-ring (bicyclic) bond motifs is 1. The predicted molar refractivity (Wildman–Crippen MR) is 81.0 cm³/mol. The van der Waals surface area contributed by atoms with Gasteiger partial charge < -0.3 is 5.32 Å². The highest BCUT2D eigenvalue weighted by molar-refractivity contribution is 5.82. The van der Waals surface area contributed by atoms with E-state index in [1.54, 1.807) is 0 Å². The van der Waals surface area contributed by atoms with Crippen LogP contribution < -0.4 is 5.32 Å². The summed E-state index contributed by atoms with van der Waals surface area (Å²) in [6, 6.07) is 11.3. The Labute approximate surface area is 114 Å². The second kappa shape index (κ2) is 5.54. The maximum Gasteiger partial charge on any atom is 0.0702 e. The molecule has 1 saturated carbocycles. The number of nitrogens with one attached hydrogen (secondary N) is 1. The van der Waals surface area contributed by atoms with Crippen LogP contribution in [-0.4, -0.2) is 17.6 Å². The van der Waals surface area contributed by atoms with E-state index in [-0.39, 0.29) is 0 Å². The Bertz CT molecular complexity index is 597. The van der Waals surface area contributed by atoms with Crippen LogP contribution >= 0.6 is 0 Å². The number of allylic oxidation sites excluding steroid dienone is 1. The van der Waals surface area contributed by atoms with E-state index in [1.807, 2.05) is 12.3 Å². The Morgan fingerprint density at radius 1 is 1.37 bits per heavy atom. The molecule has 2 heteroatoms. The molecule has 0 aliphatic heterocycles. The highest BCUT2D eigenvalue weighted by atomic mass is 14.9. The minimum Gasteiger partial charge on any atom is -0.314 e. The number of pyridine rings is 1. The van der Waals surface area contributed by atoms with Gasteiger partial charge in [0, 0.05) is 17.6 Å². The van der Waals surface area contributed by atoms with Crippen molar-refractivity contribution in [2.75, 3.05) is 6.54 Å². The molecule has 1 N–H and O–H groups in total. The highest BCUT2D eigenvalue weighted by Gasteiger charge is 2.19. The van der Waals surface area contributed by atoms with Crippen molar-refractivity contribution in [2.45, 2.75) is 32.2 Å². The van der Waals surface area contributed by atoms with Gasteiger partial charge in [0.1, 0.15) is 0 Å². The summed E-state index contributed by atoms with van der Waals surface area (Å²) >= 11 is 0. The number of benzene rings is 1. The quantitative estimate of drug-likeness (QED) is 0.819. The van der Waals surface area contributed by atoms with E-state index in [2.05, 4.69) is 47.6 Å². The fourth-order valence-corrected chi connectivity index (χ4v) is 2.27. The van der Waals surface area contributed by atoms with Crippen LogP contribution in [0, 0.1) is 0 Å². The summed E-state index contributed by atoms with van der Waals surface area (Å²) in [5, 5.41) is 4.74. The molecule has 0 unspecified atom stereocenters. The minimum atomic E-state index is 0.802. The third-order valence-electron chi connectivity index (χ3n) is 3.65. The van der Waals surface area contributed by atoms with Crippen LogP contribution in [-0.2, 0) is 0 Å². The standard InChI is InChI=1S/C17H20N2/c1-13(5-4-10-18-16-8-9-16)15-11-14-6-2-3-7-17(14)19-12-15/h2-3,5-7,11-12,16,18H,4,8-10H2,1H3. The van der Waals surface area contributed by atoms with Crippen molar-refractivity contribution in [3.8, 4) is 0 Å². The molecule has 3 rings (SSSR count). The molecule has 19 heavy (non-hydrogen) atoms. The molecule has 1 heterocycles. The van der Waals surface area contributed by atoms with Crippen molar-refractivity contribution in [3.63, 3.8) is 0 Å². The van der Waals surface area contributed by atoms with E-state index < -0.39 is 0 Å². The number of aromatic nitrogens is 1. The van der Waals surface area contributed by atoms with Crippen LogP contribution in [0.5, 0.6) is 0 Å². The van der Waals surface area contributed by atoms with Crippen LogP contribution in [0.3, 0.4) is 0 Å². The van der Waals surface area contributed by atoms with Crippen molar-refractivity contribution in [2.24, 2.45) is 0 Å². The maximum absolute atomic E-state index is 4.51. The number of para-hydroxylation sites is 1. The molecule has 2 aromatic rings. The van der Waals surface area contributed by atoms with E-state index in [1.165, 1.54) is 29.4 Å². The van der Waals surface area contributed by atoms with E-state index in [9.17, 15) is 0 Å². The number of nitrogens with zero attached hydrogens (tertiary/aromatic N) is 1. The molecule has 98 valence electrons. The lowest BCUT2D eigenvalue weighted by Gasteiger charge is -2.04. The summed E-state index contributed by atoms with van der Waals surface area (Å²) in [4.78, 5) is 4.51. The van der Waals surface area contributed by atoms with Crippen molar-refractivity contribution in [1.82, 2.24) is 10.3 Å². The summed E-state index contributed by atoms with van der Waals surface area (Å²) in [6.07, 6.45) is 8.09. The number of hydrogen-bond acceptors (Lipinski definition) is 2. The molecule has 1 aromatic heterocycles. The normalized spacial score (nSPS) is 15.9. The van der Waals surface area contributed by atoms with Crippen LogP contribution in [0.25, 0.3) is 16.5 Å². The number of rotatable bonds is 5. The third-order valence-corrected chi connectivity index (χ3v) is 3.65. The Kier molecular flexibility index (Phi) is 3.60. The summed E-state index contributed by atoms with van der Waals surface area (Å²) in [6.45, 7) is 3.26. The molecule has 1 fully saturated rings. The van der Waals surface area contributed by atoms with Crippen molar-refractivity contribution in [3.05, 3.63) is 48.2 Å². The molecule has 1 aromatic carbocycles. The average Bonchev–Trinajstić information content (AvgIpc) is 3.27. The Hall–Kier alpha value is -1.67. The second-order valence-electron chi connectivity index (χ2n) is 5.32. The SMILES string of the molecule is CC(=CCCNC1CC1)c1cnc2ccccc2c1. The molecule has 2 nitrogen and oxygen atoms in total. The first-order valence-corrected chi connectivity index (χ1v) is 7.08. The zero-order valence-corrected chi connectivity index (χ0v) is 11.4. The van der Waals surface area contributed by atoms with Crippen LogP contribution in [0.1, 0.15) is 31.7 Å². The Morgan fingerprint density at radius 2 is 2.21 bits per heavy atom. The molecule has 1 aliphatic carbocycles. The van der Waals surface area contributed by atoms with Crippen molar-refractivity contribution >= 4 is 16.5 Å². The molecule has 1 aliphatic rings. The fraction of sp³-hybridized carbons (Fsp3) is 0.353. The predicted octanol–water partition coefficient (Wildman–Crippen LogP) is 3.78. The summed E-state index contributed by atoms with van der Waals surface area (Å²) in [5.74, 6) is 0. The monoisotopic (exact) mass is 252 g/mol. The molecule has 0 radical (unpaired) electrons. The van der Waals surface area contributed by atoms with E-state index in [0.717, 1.165) is 24.5 Å². The van der Waals surface area contributed by atoms with Gasteiger partial charge in [-0.05, 0) is 56.0 Å². The molecule has 0 amide bonds. The lowest BCUT2D eigenvalue weighted by molar-refractivity contribution is 0.690. The summed E-state index contributed by atoms with van der Waals surface area (Å²) in [5.41, 5.74) is 3.61. The first kappa shape index (κ1) is 12.4. The van der Waals surface area contributed by atoms with Gasteiger partial charge in [-0.2, -0.15) is 0 Å². The van der Waals surface area contributed by atoms with Gasteiger partial charge in [0.25, 0.3) is 0 Å². The summed E-state index contributed by atoms with van der Waals surface area (Å²) < 4.78 is 0. The molecule has 0 spiro atoms. The van der Waals surface area contributed by atoms with Gasteiger partial charge in [0.2, 0.25) is 0 Å². The van der Waals surface area contributed by atoms with Gasteiger partial charge in [0.05, 0.1) is 5.52 Å². The lowest BCUT2D eigenvalue weighted by Crippen LogP contribution is -2.16. The lowest BCUT2D eigenvalue weighted by atomic mass is 10.1. The average molecular weight is 252 g/mol. The van der Waals surface area contributed by atoms with Gasteiger partial charge in [-0.25, -0.2) is 0 Å². The first-order valence-electron chi connectivity index (χ1n) is 7.08. The molecule has 0 atom stereocenters. The van der Waals surface area contributed by atoms with Crippen molar-refractivity contribution in [1.29, 1.82) is 0 Å². The van der Waals surface area contributed by atoms with Crippen LogP contribution in [0.2, 0.25) is 0 Å². The highest BCUT2D eigenvalue weighted by Crippen LogP contribution is 2.20. The molecule has 0 saturated heterocycles. The topological polar surface area (TPSA) is 24.9 Å². The first-order chi connectivity index (χ1) is 9.33. The fourth-order valence-electron chi connectivity index (χ4n) is 2.27. The van der Waals surface area contributed by atoms with Gasteiger partial charge in [-0.3, -0.25) is 4.98 Å². The smallest absolute Gasteiger partial charge is 0.0702 e. The van der Waals surface area contributed by atoms with E-state index >= 15 is 0 Å². The molecule has 0 bridgehead atoms. The Morgan fingerprint density at radius 3 is 3.05 bits per heavy atom. The zero-order chi connectivity index (χ0) is 13.1. The second-order valence-corrected chi connectivity index (χ2v) is 5.32. The van der Waals surface area contributed by atoms with Crippen LogP contribution in [0.4, 0.5) is 0 Å². The third kappa shape index (κ3) is 3.21. The van der Waals surface area contributed by atoms with Gasteiger partial charge >= 0.3 is 0 Å². The minimum absolute atomic E-state index is 0.802. The largest absolute Gasteiger partial charge is 0.314 e. The summed E-state index contributed by atoms with van der Waals surface area (Å²) in [7, 11) is 0. The number of hydrogen-bond donors (Lipinski definition) is 1. The zero-order valence-electron chi connectivity index (χ0n) is 11.4. The van der Waals surface area contributed by atoms with Crippen molar-refractivity contribution < 1.29 is 0 Å². The van der Waals surface area contributed by atoms with Gasteiger partial charge in [-0.1, -0.05) is 24.3 Å².